The number of carbonyl (C=O) groups is 1. The van der Waals surface area contributed by atoms with Gasteiger partial charge in [0.25, 0.3) is 5.91 Å². The molecule has 0 fully saturated rings. The van der Waals surface area contributed by atoms with Crippen LogP contribution >= 0.6 is 0 Å². The number of nitrogen functional groups attached to an aromatic ring is 1. The van der Waals surface area contributed by atoms with Gasteiger partial charge in [0, 0.05) is 24.3 Å². The lowest BCUT2D eigenvalue weighted by Crippen LogP contribution is -2.14. The highest BCUT2D eigenvalue weighted by atomic mass is 16.3. The molecule has 18 heavy (non-hydrogen) atoms. The van der Waals surface area contributed by atoms with Gasteiger partial charge < -0.3 is 21.2 Å². The van der Waals surface area contributed by atoms with Crippen molar-refractivity contribution in [1.29, 1.82) is 0 Å². The molecule has 0 bridgehead atoms. The van der Waals surface area contributed by atoms with Crippen molar-refractivity contribution in [1.82, 2.24) is 0 Å². The minimum absolute atomic E-state index is 0.331. The second-order valence-corrected chi connectivity index (χ2v) is 3.92. The average molecular weight is 245 g/mol. The number of hydrogen-bond acceptors (Lipinski definition) is 4. The van der Waals surface area contributed by atoms with E-state index in [1.54, 1.807) is 18.4 Å². The largest absolute Gasteiger partial charge is 0.469 e. The quantitative estimate of drug-likeness (QED) is 0.697. The molecule has 0 aliphatic heterocycles. The van der Waals surface area contributed by atoms with E-state index < -0.39 is 5.91 Å². The van der Waals surface area contributed by atoms with Crippen LogP contribution in [0, 0.1) is 0 Å². The van der Waals surface area contributed by atoms with E-state index >= 15 is 0 Å². The number of carbonyl (C=O) groups excluding carboxylic acids is 1. The van der Waals surface area contributed by atoms with Gasteiger partial charge in [-0.05, 0) is 30.3 Å². The summed E-state index contributed by atoms with van der Waals surface area (Å²) in [6.07, 6.45) is 2.41. The summed E-state index contributed by atoms with van der Waals surface area (Å²) in [6, 6.07) is 8.89. The summed E-state index contributed by atoms with van der Waals surface area (Å²) in [5.41, 5.74) is 12.4. The molecule has 1 aromatic heterocycles. The van der Waals surface area contributed by atoms with Crippen LogP contribution in [0.1, 0.15) is 16.1 Å². The number of benzene rings is 1. The van der Waals surface area contributed by atoms with E-state index in [4.69, 9.17) is 15.9 Å². The molecular formula is C13H15N3O2. The van der Waals surface area contributed by atoms with Gasteiger partial charge in [-0.2, -0.15) is 0 Å². The summed E-state index contributed by atoms with van der Waals surface area (Å²) in [5.74, 6) is 0.384. The molecule has 0 spiro atoms. The molecular weight excluding hydrogens is 230 g/mol. The SMILES string of the molecule is NC(=O)c1cc(NCCc2ccco2)ccc1N. The Morgan fingerprint density at radius 3 is 2.83 bits per heavy atom. The summed E-state index contributed by atoms with van der Waals surface area (Å²) < 4.78 is 5.22. The van der Waals surface area contributed by atoms with Gasteiger partial charge in [0.1, 0.15) is 5.76 Å². The number of amides is 1. The van der Waals surface area contributed by atoms with Gasteiger partial charge in [0.2, 0.25) is 0 Å². The highest BCUT2D eigenvalue weighted by Crippen LogP contribution is 2.17. The number of hydrogen-bond donors (Lipinski definition) is 3. The summed E-state index contributed by atoms with van der Waals surface area (Å²) in [6.45, 7) is 0.704. The second kappa shape index (κ2) is 5.27. The lowest BCUT2D eigenvalue weighted by molar-refractivity contribution is 0.100. The third kappa shape index (κ3) is 2.82. The first-order valence-corrected chi connectivity index (χ1v) is 5.62. The van der Waals surface area contributed by atoms with Crippen LogP contribution in [-0.2, 0) is 6.42 Å². The van der Waals surface area contributed by atoms with Crippen LogP contribution in [0.3, 0.4) is 0 Å². The van der Waals surface area contributed by atoms with Gasteiger partial charge in [0.05, 0.1) is 11.8 Å². The zero-order valence-corrected chi connectivity index (χ0v) is 9.85. The molecule has 1 amide bonds. The molecule has 0 saturated heterocycles. The zero-order chi connectivity index (χ0) is 13.0. The van der Waals surface area contributed by atoms with Crippen LogP contribution in [-0.4, -0.2) is 12.5 Å². The monoisotopic (exact) mass is 245 g/mol. The van der Waals surface area contributed by atoms with Crippen LogP contribution < -0.4 is 16.8 Å². The summed E-state index contributed by atoms with van der Waals surface area (Å²) in [5, 5.41) is 3.18. The fourth-order valence-corrected chi connectivity index (χ4v) is 1.66. The molecule has 5 nitrogen and oxygen atoms in total. The highest BCUT2D eigenvalue weighted by molar-refractivity contribution is 5.98. The third-order valence-corrected chi connectivity index (χ3v) is 2.60. The normalized spacial score (nSPS) is 10.2. The van der Waals surface area contributed by atoms with Crippen LogP contribution in [0.4, 0.5) is 11.4 Å². The molecule has 2 rings (SSSR count). The number of nitrogens with one attached hydrogen (secondary N) is 1. The molecule has 5 N–H and O–H groups in total. The Morgan fingerprint density at radius 1 is 1.33 bits per heavy atom. The molecule has 1 heterocycles. The number of nitrogens with two attached hydrogens (primary N) is 2. The Kier molecular flexibility index (Phi) is 3.52. The Bertz CT molecular complexity index is 535. The van der Waals surface area contributed by atoms with Crippen molar-refractivity contribution in [2.24, 2.45) is 5.73 Å². The Morgan fingerprint density at radius 2 is 2.17 bits per heavy atom. The van der Waals surface area contributed by atoms with Crippen molar-refractivity contribution in [3.8, 4) is 0 Å². The topological polar surface area (TPSA) is 94.3 Å². The molecule has 0 atom stereocenters. The van der Waals surface area contributed by atoms with E-state index in [1.807, 2.05) is 18.2 Å². The lowest BCUT2D eigenvalue weighted by Gasteiger charge is -2.08. The minimum Gasteiger partial charge on any atom is -0.469 e. The smallest absolute Gasteiger partial charge is 0.250 e. The predicted molar refractivity (Wildman–Crippen MR) is 70.3 cm³/mol. The second-order valence-electron chi connectivity index (χ2n) is 3.92. The van der Waals surface area contributed by atoms with E-state index in [0.717, 1.165) is 17.9 Å². The average Bonchev–Trinajstić information content (AvgIpc) is 2.84. The third-order valence-electron chi connectivity index (χ3n) is 2.60. The van der Waals surface area contributed by atoms with Crippen molar-refractivity contribution in [2.45, 2.75) is 6.42 Å². The van der Waals surface area contributed by atoms with Gasteiger partial charge in [0.15, 0.2) is 0 Å². The molecule has 0 saturated carbocycles. The molecule has 2 aromatic rings. The Balaban J connectivity index is 1.97. The maximum absolute atomic E-state index is 11.1. The highest BCUT2D eigenvalue weighted by Gasteiger charge is 2.06. The minimum atomic E-state index is -0.526. The van der Waals surface area contributed by atoms with Crippen LogP contribution in [0.2, 0.25) is 0 Å². The van der Waals surface area contributed by atoms with Gasteiger partial charge in [-0.25, -0.2) is 0 Å². The number of primary amides is 1. The number of furan rings is 1. The molecule has 1 aromatic carbocycles. The Hall–Kier alpha value is -2.43. The first-order chi connectivity index (χ1) is 8.66. The molecule has 0 aliphatic carbocycles. The number of rotatable bonds is 5. The fraction of sp³-hybridized carbons (Fsp3) is 0.154. The molecule has 0 unspecified atom stereocenters. The first kappa shape index (κ1) is 12.0. The lowest BCUT2D eigenvalue weighted by atomic mass is 10.1. The van der Waals surface area contributed by atoms with Gasteiger partial charge in [-0.3, -0.25) is 4.79 Å². The van der Waals surface area contributed by atoms with Crippen molar-refractivity contribution in [3.63, 3.8) is 0 Å². The van der Waals surface area contributed by atoms with Crippen LogP contribution in [0.25, 0.3) is 0 Å². The van der Waals surface area contributed by atoms with Gasteiger partial charge in [-0.1, -0.05) is 0 Å². The van der Waals surface area contributed by atoms with Crippen LogP contribution in [0.5, 0.6) is 0 Å². The zero-order valence-electron chi connectivity index (χ0n) is 9.85. The molecule has 0 radical (unpaired) electrons. The van der Waals surface area contributed by atoms with Crippen LogP contribution in [0.15, 0.2) is 41.0 Å². The van der Waals surface area contributed by atoms with E-state index in [-0.39, 0.29) is 0 Å². The standard InChI is InChI=1S/C13H15N3O2/c14-12-4-3-9(8-11(12)13(15)17)16-6-5-10-2-1-7-18-10/h1-4,7-8,16H,5-6,14H2,(H2,15,17). The maximum atomic E-state index is 11.1. The van der Waals surface area contributed by atoms with Crippen molar-refractivity contribution in [2.75, 3.05) is 17.6 Å². The maximum Gasteiger partial charge on any atom is 0.250 e. The number of anilines is 2. The summed E-state index contributed by atoms with van der Waals surface area (Å²) >= 11 is 0. The van der Waals surface area contributed by atoms with Gasteiger partial charge >= 0.3 is 0 Å². The molecule has 5 heteroatoms. The van der Waals surface area contributed by atoms with Crippen molar-refractivity contribution < 1.29 is 9.21 Å². The van der Waals surface area contributed by atoms with Crippen molar-refractivity contribution >= 4 is 17.3 Å². The summed E-state index contributed by atoms with van der Waals surface area (Å²) in [7, 11) is 0. The summed E-state index contributed by atoms with van der Waals surface area (Å²) in [4.78, 5) is 11.1. The predicted octanol–water partition coefficient (Wildman–Crippen LogP) is 1.62. The van der Waals surface area contributed by atoms with Gasteiger partial charge in [-0.15, -0.1) is 0 Å². The fourth-order valence-electron chi connectivity index (χ4n) is 1.66. The molecule has 94 valence electrons. The van der Waals surface area contributed by atoms with E-state index in [0.29, 0.717) is 17.8 Å². The Labute approximate surface area is 105 Å². The van der Waals surface area contributed by atoms with E-state index in [9.17, 15) is 4.79 Å². The van der Waals surface area contributed by atoms with E-state index in [1.165, 1.54) is 0 Å². The first-order valence-electron chi connectivity index (χ1n) is 5.62. The molecule has 0 aliphatic rings. The van der Waals surface area contributed by atoms with E-state index in [2.05, 4.69) is 5.32 Å². The van der Waals surface area contributed by atoms with Crippen molar-refractivity contribution in [3.05, 3.63) is 47.9 Å².